The predicted molar refractivity (Wildman–Crippen MR) is 99.0 cm³/mol. The number of phenolic OH excluding ortho intramolecular Hbond substituents is 1. The number of hydrogen-bond donors (Lipinski definition) is 1. The fraction of sp³-hybridized carbons (Fsp3) is 0.333. The Bertz CT molecular complexity index is 826. The van der Waals surface area contributed by atoms with Crippen molar-refractivity contribution < 1.29 is 13.9 Å². The third-order valence-electron chi connectivity index (χ3n) is 3.45. The first-order valence-corrected chi connectivity index (χ1v) is 8.51. The number of halogens is 1. The van der Waals surface area contributed by atoms with Crippen LogP contribution in [0.2, 0.25) is 0 Å². The van der Waals surface area contributed by atoms with Gasteiger partial charge in [-0.3, -0.25) is 0 Å². The Morgan fingerprint density at radius 2 is 1.71 bits per heavy atom. The molecule has 0 saturated heterocycles. The quantitative estimate of drug-likeness (QED) is 0.807. The van der Waals surface area contributed by atoms with Crippen molar-refractivity contribution in [3.8, 4) is 5.75 Å². The minimum atomic E-state index is -0.198. The fourth-order valence-corrected chi connectivity index (χ4v) is 2.53. The molecule has 1 aromatic heterocycles. The number of fused-ring (bicyclic) bond motifs is 1. The number of aryl methyl sites for hydroxylation is 2. The minimum Gasteiger partial charge on any atom is -0.508 e. The molecule has 0 aliphatic heterocycles. The summed E-state index contributed by atoms with van der Waals surface area (Å²) in [5.74, 6) is 0.805. The van der Waals surface area contributed by atoms with Crippen LogP contribution >= 0.6 is 0 Å². The van der Waals surface area contributed by atoms with Crippen LogP contribution in [0.4, 0.5) is 4.39 Å². The van der Waals surface area contributed by atoms with Crippen molar-refractivity contribution in [3.05, 3.63) is 63.7 Å². The molecule has 1 aromatic carbocycles. The molecule has 2 aromatic rings. The zero-order valence-corrected chi connectivity index (χ0v) is 15.4. The summed E-state index contributed by atoms with van der Waals surface area (Å²) in [6, 6.07) is 6.97. The Hall–Kier alpha value is -2.29. The molecule has 1 aliphatic rings. The van der Waals surface area contributed by atoms with Gasteiger partial charge in [-0.1, -0.05) is 39.8 Å². The van der Waals surface area contributed by atoms with Crippen LogP contribution in [0.15, 0.2) is 40.6 Å². The first kappa shape index (κ1) is 19.8. The lowest BCUT2D eigenvalue weighted by Gasteiger charge is -2.06. The van der Waals surface area contributed by atoms with Crippen molar-refractivity contribution in [3.63, 3.8) is 0 Å². The largest absolute Gasteiger partial charge is 0.508 e. The van der Waals surface area contributed by atoms with Crippen LogP contribution in [0, 0.1) is 13.8 Å². The SMILES string of the molecule is CC.CC.Cc1cc2c(o1)=C(c1ccc(O)cc1C)C=C(F)CC=2. The first-order valence-electron chi connectivity index (χ1n) is 8.51. The van der Waals surface area contributed by atoms with Crippen molar-refractivity contribution in [2.75, 3.05) is 0 Å². The molecule has 1 N–H and O–H groups in total. The second-order valence-corrected chi connectivity index (χ2v) is 5.05. The van der Waals surface area contributed by atoms with E-state index in [9.17, 15) is 9.50 Å². The van der Waals surface area contributed by atoms with Crippen molar-refractivity contribution in [1.29, 1.82) is 0 Å². The summed E-state index contributed by atoms with van der Waals surface area (Å²) >= 11 is 0. The van der Waals surface area contributed by atoms with Crippen LogP contribution in [0.5, 0.6) is 5.75 Å². The van der Waals surface area contributed by atoms with E-state index >= 15 is 0 Å². The van der Waals surface area contributed by atoms with Crippen LogP contribution in [0.1, 0.15) is 51.0 Å². The van der Waals surface area contributed by atoms with E-state index in [1.165, 1.54) is 6.08 Å². The first-order chi connectivity index (χ1) is 11.5. The molecular formula is C21H27FO2. The highest BCUT2D eigenvalue weighted by Crippen LogP contribution is 2.24. The highest BCUT2D eigenvalue weighted by molar-refractivity contribution is 5.76. The molecule has 3 heteroatoms. The Kier molecular flexibility index (Phi) is 7.50. The van der Waals surface area contributed by atoms with Gasteiger partial charge in [0.1, 0.15) is 22.8 Å². The van der Waals surface area contributed by atoms with E-state index in [1.54, 1.807) is 18.2 Å². The smallest absolute Gasteiger partial charge is 0.141 e. The average Bonchev–Trinajstić information content (AvgIpc) is 2.89. The molecule has 0 atom stereocenters. The van der Waals surface area contributed by atoms with Crippen LogP contribution in [0.25, 0.3) is 11.6 Å². The van der Waals surface area contributed by atoms with Crippen LogP contribution in [-0.4, -0.2) is 5.11 Å². The van der Waals surface area contributed by atoms with E-state index in [-0.39, 0.29) is 18.0 Å². The van der Waals surface area contributed by atoms with Crippen molar-refractivity contribution >= 4 is 11.6 Å². The number of rotatable bonds is 1. The van der Waals surface area contributed by atoms with Gasteiger partial charge in [0.25, 0.3) is 0 Å². The molecule has 0 fully saturated rings. The standard InChI is InChI=1S/C17H15FO2.2C2H6/c1-10-7-14(19)5-6-15(10)16-9-13(18)4-3-12-8-11(2)20-17(12)16;2*1-2/h3,5-9,19H,4H2,1-2H3;2*1-2H3. The van der Waals surface area contributed by atoms with Crippen molar-refractivity contribution in [1.82, 2.24) is 0 Å². The predicted octanol–water partition coefficient (Wildman–Crippen LogP) is 4.89. The molecule has 0 bridgehead atoms. The maximum atomic E-state index is 13.9. The Morgan fingerprint density at radius 1 is 1.04 bits per heavy atom. The molecule has 1 heterocycles. The van der Waals surface area contributed by atoms with E-state index < -0.39 is 0 Å². The van der Waals surface area contributed by atoms with Crippen molar-refractivity contribution in [2.24, 2.45) is 0 Å². The second-order valence-electron chi connectivity index (χ2n) is 5.05. The van der Waals surface area contributed by atoms with E-state index in [2.05, 4.69) is 0 Å². The number of phenols is 1. The van der Waals surface area contributed by atoms with Gasteiger partial charge in [0.05, 0.1) is 0 Å². The third kappa shape index (κ3) is 4.38. The molecule has 0 saturated carbocycles. The highest BCUT2D eigenvalue weighted by Gasteiger charge is 2.12. The van der Waals surface area contributed by atoms with Gasteiger partial charge < -0.3 is 9.52 Å². The van der Waals surface area contributed by atoms with Crippen LogP contribution < -0.4 is 10.6 Å². The van der Waals surface area contributed by atoms with Gasteiger partial charge in [-0.15, -0.1) is 0 Å². The van der Waals surface area contributed by atoms with Gasteiger partial charge in [0.15, 0.2) is 0 Å². The Labute approximate surface area is 143 Å². The highest BCUT2D eigenvalue weighted by atomic mass is 19.1. The molecular weight excluding hydrogens is 303 g/mol. The van der Waals surface area contributed by atoms with Gasteiger partial charge in [-0.05, 0) is 49.2 Å². The van der Waals surface area contributed by atoms with Gasteiger partial charge in [-0.25, -0.2) is 4.39 Å². The van der Waals surface area contributed by atoms with E-state index in [4.69, 9.17) is 4.42 Å². The molecule has 1 aliphatic carbocycles. The monoisotopic (exact) mass is 330 g/mol. The molecule has 24 heavy (non-hydrogen) atoms. The topological polar surface area (TPSA) is 33.4 Å². The third-order valence-corrected chi connectivity index (χ3v) is 3.45. The minimum absolute atomic E-state index is 0.198. The Morgan fingerprint density at radius 3 is 2.33 bits per heavy atom. The van der Waals surface area contributed by atoms with Gasteiger partial charge in [-0.2, -0.15) is 0 Å². The van der Waals surface area contributed by atoms with Gasteiger partial charge >= 0.3 is 0 Å². The number of benzene rings is 1. The molecule has 0 spiro atoms. The lowest BCUT2D eigenvalue weighted by molar-refractivity contribution is 0.474. The second kappa shape index (κ2) is 9.11. The number of hydrogen-bond acceptors (Lipinski definition) is 2. The normalized spacial score (nSPS) is 12.5. The molecule has 0 amide bonds. The molecule has 0 radical (unpaired) electrons. The molecule has 130 valence electrons. The van der Waals surface area contributed by atoms with Crippen LogP contribution in [-0.2, 0) is 0 Å². The van der Waals surface area contributed by atoms with Crippen molar-refractivity contribution in [2.45, 2.75) is 48.0 Å². The summed E-state index contributed by atoms with van der Waals surface area (Å²) in [5.41, 5.74) is 3.15. The molecule has 0 unspecified atom stereocenters. The molecule has 2 nitrogen and oxygen atoms in total. The van der Waals surface area contributed by atoms with E-state index in [0.29, 0.717) is 5.42 Å². The average molecular weight is 330 g/mol. The lowest BCUT2D eigenvalue weighted by Crippen LogP contribution is -2.21. The van der Waals surface area contributed by atoms with Gasteiger partial charge in [0.2, 0.25) is 0 Å². The van der Waals surface area contributed by atoms with E-state index in [0.717, 1.165) is 27.7 Å². The summed E-state index contributed by atoms with van der Waals surface area (Å²) in [6.45, 7) is 11.8. The zero-order chi connectivity index (χ0) is 18.3. The maximum Gasteiger partial charge on any atom is 0.141 e. The maximum absolute atomic E-state index is 13.9. The molecule has 3 rings (SSSR count). The van der Waals surface area contributed by atoms with Crippen LogP contribution in [0.3, 0.4) is 0 Å². The summed E-state index contributed by atoms with van der Waals surface area (Å²) in [5, 5.41) is 10.4. The lowest BCUT2D eigenvalue weighted by atomic mass is 9.99. The fourth-order valence-electron chi connectivity index (χ4n) is 2.53. The summed E-state index contributed by atoms with van der Waals surface area (Å²) in [6.07, 6.45) is 3.62. The summed E-state index contributed by atoms with van der Waals surface area (Å²) in [4.78, 5) is 0. The summed E-state index contributed by atoms with van der Waals surface area (Å²) in [7, 11) is 0. The zero-order valence-electron chi connectivity index (χ0n) is 15.4. The van der Waals surface area contributed by atoms with Gasteiger partial charge in [0, 0.05) is 17.2 Å². The number of aromatic hydroxyl groups is 1. The number of allylic oxidation sites excluding steroid dienone is 2. The van der Waals surface area contributed by atoms with E-state index in [1.807, 2.05) is 53.7 Å². The number of furan rings is 1. The summed E-state index contributed by atoms with van der Waals surface area (Å²) < 4.78 is 19.6. The Balaban J connectivity index is 0.000000671.